The number of carbonyl (C=O) groups is 1. The Morgan fingerprint density at radius 2 is 2.26 bits per heavy atom. The number of aryl methyl sites for hydroxylation is 1. The molecule has 0 aliphatic carbocycles. The van der Waals surface area contributed by atoms with Gasteiger partial charge in [-0.1, -0.05) is 6.92 Å². The fourth-order valence-corrected chi connectivity index (χ4v) is 3.46. The summed E-state index contributed by atoms with van der Waals surface area (Å²) in [5.74, 6) is 0.498. The molecule has 0 aromatic carbocycles. The minimum absolute atomic E-state index is 0.0276. The lowest BCUT2D eigenvalue weighted by molar-refractivity contribution is 0.0774. The highest BCUT2D eigenvalue weighted by atomic mass is 16.2. The molecule has 1 N–H and O–H groups in total. The van der Waals surface area contributed by atoms with Crippen LogP contribution in [0.15, 0.2) is 23.3 Å². The van der Waals surface area contributed by atoms with Crippen LogP contribution in [0.25, 0.3) is 10.9 Å². The van der Waals surface area contributed by atoms with Crippen LogP contribution in [0.4, 0.5) is 0 Å². The molecule has 23 heavy (non-hydrogen) atoms. The zero-order chi connectivity index (χ0) is 16.6. The lowest BCUT2D eigenvalue weighted by Gasteiger charge is -2.22. The van der Waals surface area contributed by atoms with Crippen molar-refractivity contribution in [3.8, 4) is 0 Å². The highest BCUT2D eigenvalue weighted by Crippen LogP contribution is 2.20. The number of pyridine rings is 1. The first-order valence-electron chi connectivity index (χ1n) is 8.15. The SMILES string of the molecule is CCN1CCC(CN(C)C(=O)c2cn(C)c(=O)c3[nH]ccc23)C1. The van der Waals surface area contributed by atoms with E-state index in [0.717, 1.165) is 32.6 Å². The number of aromatic amines is 1. The molecule has 3 rings (SSSR count). The molecule has 1 unspecified atom stereocenters. The number of amides is 1. The number of hydrogen-bond acceptors (Lipinski definition) is 3. The summed E-state index contributed by atoms with van der Waals surface area (Å²) in [5.41, 5.74) is 0.958. The van der Waals surface area contributed by atoms with Gasteiger partial charge in [0, 0.05) is 45.0 Å². The molecule has 0 spiro atoms. The van der Waals surface area contributed by atoms with E-state index in [0.29, 0.717) is 22.4 Å². The minimum Gasteiger partial charge on any atom is -0.357 e. The Kier molecular flexibility index (Phi) is 4.26. The Balaban J connectivity index is 1.82. The van der Waals surface area contributed by atoms with Gasteiger partial charge < -0.3 is 19.4 Å². The summed E-state index contributed by atoms with van der Waals surface area (Å²) in [4.78, 5) is 32.1. The normalized spacial score (nSPS) is 18.7. The standard InChI is InChI=1S/C17H24N4O2/c1-4-21-8-6-12(10-21)9-19(2)16(22)14-11-20(3)17(23)15-13(14)5-7-18-15/h5,7,11-12,18H,4,6,8-10H2,1-3H3. The Bertz CT molecular complexity index is 776. The molecule has 6 nitrogen and oxygen atoms in total. The largest absolute Gasteiger partial charge is 0.357 e. The fraction of sp³-hybridized carbons (Fsp3) is 0.529. The second kappa shape index (κ2) is 6.20. The van der Waals surface area contributed by atoms with Gasteiger partial charge in [0.1, 0.15) is 5.52 Å². The van der Waals surface area contributed by atoms with Gasteiger partial charge in [0.2, 0.25) is 0 Å². The van der Waals surface area contributed by atoms with E-state index in [9.17, 15) is 9.59 Å². The quantitative estimate of drug-likeness (QED) is 0.924. The zero-order valence-corrected chi connectivity index (χ0v) is 14.0. The van der Waals surface area contributed by atoms with Crippen molar-refractivity contribution in [2.45, 2.75) is 13.3 Å². The molecule has 1 atom stereocenters. The third-order valence-electron chi connectivity index (χ3n) is 4.82. The van der Waals surface area contributed by atoms with Gasteiger partial charge in [0.05, 0.1) is 5.56 Å². The highest BCUT2D eigenvalue weighted by Gasteiger charge is 2.25. The van der Waals surface area contributed by atoms with Crippen LogP contribution in [0.3, 0.4) is 0 Å². The number of aromatic nitrogens is 2. The summed E-state index contributed by atoms with van der Waals surface area (Å²) in [5, 5.41) is 0.701. The van der Waals surface area contributed by atoms with Crippen LogP contribution >= 0.6 is 0 Å². The summed E-state index contributed by atoms with van der Waals surface area (Å²) in [6, 6.07) is 1.80. The summed E-state index contributed by atoms with van der Waals surface area (Å²) in [6.07, 6.45) is 4.49. The molecular weight excluding hydrogens is 292 g/mol. The number of likely N-dealkylation sites (tertiary alicyclic amines) is 1. The number of nitrogens with one attached hydrogen (secondary N) is 1. The molecule has 0 radical (unpaired) electrons. The summed E-state index contributed by atoms with van der Waals surface area (Å²) in [6.45, 7) is 6.17. The van der Waals surface area contributed by atoms with Crippen LogP contribution in [-0.4, -0.2) is 58.5 Å². The molecule has 1 aliphatic rings. The third-order valence-corrected chi connectivity index (χ3v) is 4.82. The topological polar surface area (TPSA) is 61.3 Å². The van der Waals surface area contributed by atoms with Crippen LogP contribution in [0, 0.1) is 5.92 Å². The predicted molar refractivity (Wildman–Crippen MR) is 90.7 cm³/mol. The molecule has 124 valence electrons. The van der Waals surface area contributed by atoms with E-state index in [-0.39, 0.29) is 11.5 Å². The van der Waals surface area contributed by atoms with E-state index < -0.39 is 0 Å². The van der Waals surface area contributed by atoms with Gasteiger partial charge in [0.25, 0.3) is 11.5 Å². The van der Waals surface area contributed by atoms with Gasteiger partial charge in [-0.2, -0.15) is 0 Å². The van der Waals surface area contributed by atoms with Crippen LogP contribution in [0.2, 0.25) is 0 Å². The lowest BCUT2D eigenvalue weighted by atomic mass is 10.1. The molecule has 3 heterocycles. The third kappa shape index (κ3) is 2.91. The average molecular weight is 316 g/mol. The highest BCUT2D eigenvalue weighted by molar-refractivity contribution is 6.05. The number of nitrogens with zero attached hydrogens (tertiary/aromatic N) is 3. The monoisotopic (exact) mass is 316 g/mol. The molecule has 1 aliphatic heterocycles. The lowest BCUT2D eigenvalue weighted by Crippen LogP contribution is -2.34. The molecule has 0 saturated carbocycles. The molecule has 2 aromatic heterocycles. The fourth-order valence-electron chi connectivity index (χ4n) is 3.46. The van der Waals surface area contributed by atoms with Crippen molar-refractivity contribution in [3.63, 3.8) is 0 Å². The first-order valence-corrected chi connectivity index (χ1v) is 8.15. The maximum absolute atomic E-state index is 12.8. The predicted octanol–water partition coefficient (Wildman–Crippen LogP) is 1.28. The summed E-state index contributed by atoms with van der Waals surface area (Å²) >= 11 is 0. The Hall–Kier alpha value is -2.08. The number of H-pyrrole nitrogens is 1. The number of carbonyl (C=O) groups excluding carboxylic acids is 1. The van der Waals surface area contributed by atoms with Crippen molar-refractivity contribution in [1.82, 2.24) is 19.4 Å². The summed E-state index contributed by atoms with van der Waals surface area (Å²) in [7, 11) is 3.52. The van der Waals surface area contributed by atoms with Crippen molar-refractivity contribution in [3.05, 3.63) is 34.4 Å². The van der Waals surface area contributed by atoms with Crippen molar-refractivity contribution >= 4 is 16.8 Å². The van der Waals surface area contributed by atoms with Crippen molar-refractivity contribution in [2.24, 2.45) is 13.0 Å². The molecule has 1 fully saturated rings. The van der Waals surface area contributed by atoms with Gasteiger partial charge in [-0.05, 0) is 31.5 Å². The van der Waals surface area contributed by atoms with Crippen LogP contribution in [0.5, 0.6) is 0 Å². The van der Waals surface area contributed by atoms with Crippen molar-refractivity contribution < 1.29 is 4.79 Å². The maximum atomic E-state index is 12.8. The van der Waals surface area contributed by atoms with E-state index in [1.165, 1.54) is 4.57 Å². The number of fused-ring (bicyclic) bond motifs is 1. The zero-order valence-electron chi connectivity index (χ0n) is 14.0. The van der Waals surface area contributed by atoms with E-state index >= 15 is 0 Å². The van der Waals surface area contributed by atoms with Gasteiger partial charge in [-0.15, -0.1) is 0 Å². The molecule has 2 aromatic rings. The second-order valence-corrected chi connectivity index (χ2v) is 6.46. The van der Waals surface area contributed by atoms with Gasteiger partial charge in [0.15, 0.2) is 0 Å². The Morgan fingerprint density at radius 3 is 2.96 bits per heavy atom. The Morgan fingerprint density at radius 1 is 1.48 bits per heavy atom. The number of hydrogen-bond donors (Lipinski definition) is 1. The van der Waals surface area contributed by atoms with E-state index in [1.54, 1.807) is 30.4 Å². The van der Waals surface area contributed by atoms with E-state index in [1.807, 2.05) is 7.05 Å². The molecular formula is C17H24N4O2. The molecule has 1 saturated heterocycles. The van der Waals surface area contributed by atoms with Crippen molar-refractivity contribution in [1.29, 1.82) is 0 Å². The van der Waals surface area contributed by atoms with E-state index in [4.69, 9.17) is 0 Å². The molecule has 6 heteroatoms. The maximum Gasteiger partial charge on any atom is 0.274 e. The molecule has 1 amide bonds. The second-order valence-electron chi connectivity index (χ2n) is 6.46. The smallest absolute Gasteiger partial charge is 0.274 e. The van der Waals surface area contributed by atoms with Crippen LogP contribution in [0.1, 0.15) is 23.7 Å². The van der Waals surface area contributed by atoms with E-state index in [2.05, 4.69) is 16.8 Å². The average Bonchev–Trinajstić information content (AvgIpc) is 3.19. The van der Waals surface area contributed by atoms with Crippen LogP contribution < -0.4 is 5.56 Å². The minimum atomic E-state index is -0.112. The van der Waals surface area contributed by atoms with Crippen molar-refractivity contribution in [2.75, 3.05) is 33.2 Å². The Labute approximate surface area is 135 Å². The molecule has 0 bridgehead atoms. The van der Waals surface area contributed by atoms with Crippen LogP contribution in [-0.2, 0) is 7.05 Å². The van der Waals surface area contributed by atoms with Gasteiger partial charge >= 0.3 is 0 Å². The first-order chi connectivity index (χ1) is 11.0. The first kappa shape index (κ1) is 15.8. The van der Waals surface area contributed by atoms with Gasteiger partial charge in [-0.3, -0.25) is 9.59 Å². The summed E-state index contributed by atoms with van der Waals surface area (Å²) < 4.78 is 1.47. The van der Waals surface area contributed by atoms with Gasteiger partial charge in [-0.25, -0.2) is 0 Å². The number of rotatable bonds is 4.